The molecule has 0 radical (unpaired) electrons. The van der Waals surface area contributed by atoms with Crippen LogP contribution in [-0.2, 0) is 4.79 Å². The Labute approximate surface area is 238 Å². The molecule has 41 heavy (non-hydrogen) atoms. The number of allylic oxidation sites excluding steroid dienone is 1. The quantitative estimate of drug-likeness (QED) is 0.260. The Kier molecular flexibility index (Phi) is 9.12. The molecule has 0 saturated carbocycles. The standard InChI is InChI=1S/C31H32N6O4/c1-40-28-26(41-20-18-32-15-6-10-24(38)12-11-22-7-3-2-4-8-22)14-13-25-27(28)35-31(37-19-17-34-29(25)37)36-30(39)23-9-5-16-33-21-23/h2-5,7-9,11-14,16,21,32H,6,10,15,17-20H2,1H3,(H,35,36,39)/b12-11+. The van der Waals surface area contributed by atoms with E-state index >= 15 is 0 Å². The third kappa shape index (κ3) is 6.85. The third-order valence-corrected chi connectivity index (χ3v) is 6.58. The van der Waals surface area contributed by atoms with Gasteiger partial charge in [-0.25, -0.2) is 4.99 Å². The van der Waals surface area contributed by atoms with E-state index in [4.69, 9.17) is 14.5 Å². The van der Waals surface area contributed by atoms with Crippen LogP contribution in [0.5, 0.6) is 11.5 Å². The summed E-state index contributed by atoms with van der Waals surface area (Å²) in [5.41, 5.74) is 2.82. The number of ether oxygens (including phenoxy) is 2. The fraction of sp³-hybridized carbons (Fsp3) is 0.258. The number of nitrogens with one attached hydrogen (secondary N) is 2. The molecule has 5 rings (SSSR count). The highest BCUT2D eigenvalue weighted by Crippen LogP contribution is 2.43. The normalized spacial score (nSPS) is 13.7. The molecular formula is C31H32N6O4. The van der Waals surface area contributed by atoms with Crippen molar-refractivity contribution in [2.75, 3.05) is 39.9 Å². The van der Waals surface area contributed by atoms with Gasteiger partial charge in [-0.1, -0.05) is 36.4 Å². The van der Waals surface area contributed by atoms with Crippen LogP contribution in [0.25, 0.3) is 6.08 Å². The maximum atomic E-state index is 12.8. The zero-order chi connectivity index (χ0) is 28.4. The van der Waals surface area contributed by atoms with Gasteiger partial charge in [-0.15, -0.1) is 0 Å². The predicted octanol–water partition coefficient (Wildman–Crippen LogP) is 3.61. The third-order valence-electron chi connectivity index (χ3n) is 6.58. The van der Waals surface area contributed by atoms with E-state index in [-0.39, 0.29) is 11.7 Å². The Bertz CT molecular complexity index is 1470. The summed E-state index contributed by atoms with van der Waals surface area (Å²) < 4.78 is 11.7. The Balaban J connectivity index is 1.16. The maximum Gasteiger partial charge on any atom is 0.259 e. The molecule has 10 nitrogen and oxygen atoms in total. The van der Waals surface area contributed by atoms with Crippen LogP contribution in [0.15, 0.2) is 83.1 Å². The van der Waals surface area contributed by atoms with E-state index in [1.165, 1.54) is 6.20 Å². The lowest BCUT2D eigenvalue weighted by Gasteiger charge is -2.28. The maximum absolute atomic E-state index is 12.8. The van der Waals surface area contributed by atoms with Gasteiger partial charge in [0.15, 0.2) is 17.3 Å². The van der Waals surface area contributed by atoms with Crippen molar-refractivity contribution in [2.24, 2.45) is 9.98 Å². The summed E-state index contributed by atoms with van der Waals surface area (Å²) in [6, 6.07) is 16.9. The van der Waals surface area contributed by atoms with Crippen LogP contribution >= 0.6 is 0 Å². The first kappa shape index (κ1) is 27.7. The second-order valence-corrected chi connectivity index (χ2v) is 9.39. The highest BCUT2D eigenvalue weighted by molar-refractivity contribution is 6.20. The van der Waals surface area contributed by atoms with E-state index in [0.29, 0.717) is 67.9 Å². The number of methoxy groups -OCH3 is 1. The molecule has 3 heterocycles. The number of ketones is 1. The molecule has 0 aliphatic carbocycles. The van der Waals surface area contributed by atoms with Gasteiger partial charge in [-0.05, 0) is 48.9 Å². The largest absolute Gasteiger partial charge is 0.491 e. The van der Waals surface area contributed by atoms with Crippen LogP contribution in [0.3, 0.4) is 0 Å². The van der Waals surface area contributed by atoms with E-state index in [1.807, 2.05) is 53.4 Å². The summed E-state index contributed by atoms with van der Waals surface area (Å²) >= 11 is 0. The van der Waals surface area contributed by atoms with Crippen LogP contribution < -0.4 is 20.1 Å². The number of hydrogen-bond donors (Lipinski definition) is 2. The van der Waals surface area contributed by atoms with Crippen LogP contribution in [0.2, 0.25) is 0 Å². The van der Waals surface area contributed by atoms with Crippen molar-refractivity contribution in [3.05, 3.63) is 89.8 Å². The van der Waals surface area contributed by atoms with E-state index in [2.05, 4.69) is 20.6 Å². The zero-order valence-corrected chi connectivity index (χ0v) is 22.9. The Morgan fingerprint density at radius 3 is 2.76 bits per heavy atom. The van der Waals surface area contributed by atoms with E-state index in [9.17, 15) is 9.59 Å². The molecule has 0 fully saturated rings. The molecule has 2 N–H and O–H groups in total. The van der Waals surface area contributed by atoms with E-state index < -0.39 is 0 Å². The van der Waals surface area contributed by atoms with Crippen LogP contribution in [0, 0.1) is 0 Å². The Morgan fingerprint density at radius 2 is 1.95 bits per heavy atom. The second-order valence-electron chi connectivity index (χ2n) is 9.39. The molecule has 3 aromatic rings. The molecule has 1 aromatic heterocycles. The summed E-state index contributed by atoms with van der Waals surface area (Å²) in [4.78, 5) is 40.2. The molecule has 0 unspecified atom stereocenters. The van der Waals surface area contributed by atoms with Gasteiger partial charge in [0.05, 0.1) is 19.2 Å². The Morgan fingerprint density at radius 1 is 1.07 bits per heavy atom. The van der Waals surface area contributed by atoms with Gasteiger partial charge in [0.2, 0.25) is 5.96 Å². The first-order valence-corrected chi connectivity index (χ1v) is 13.6. The molecule has 10 heteroatoms. The summed E-state index contributed by atoms with van der Waals surface area (Å²) in [6.45, 7) is 2.91. The number of guanidine groups is 1. The minimum absolute atomic E-state index is 0.104. The van der Waals surface area contributed by atoms with Gasteiger partial charge < -0.3 is 14.8 Å². The number of carbonyl (C=O) groups excluding carboxylic acids is 2. The molecule has 2 aliphatic rings. The molecule has 0 atom stereocenters. The highest BCUT2D eigenvalue weighted by Gasteiger charge is 2.33. The van der Waals surface area contributed by atoms with Crippen molar-refractivity contribution in [3.63, 3.8) is 0 Å². The van der Waals surface area contributed by atoms with E-state index in [1.54, 1.807) is 31.5 Å². The number of rotatable bonds is 12. The smallest absolute Gasteiger partial charge is 0.259 e. The molecule has 0 bridgehead atoms. The van der Waals surface area contributed by atoms with Crippen molar-refractivity contribution < 1.29 is 19.1 Å². The number of benzene rings is 2. The summed E-state index contributed by atoms with van der Waals surface area (Å²) in [5, 5.41) is 6.21. The minimum atomic E-state index is -0.307. The predicted molar refractivity (Wildman–Crippen MR) is 158 cm³/mol. The molecular weight excluding hydrogens is 520 g/mol. The number of aliphatic imine (C=N–C) groups is 2. The number of amidine groups is 1. The molecule has 0 spiro atoms. The fourth-order valence-corrected chi connectivity index (χ4v) is 4.55. The summed E-state index contributed by atoms with van der Waals surface area (Å²) in [5.74, 6) is 1.93. The van der Waals surface area contributed by atoms with E-state index in [0.717, 1.165) is 23.4 Å². The van der Waals surface area contributed by atoms with Gasteiger partial charge in [0.1, 0.15) is 18.1 Å². The van der Waals surface area contributed by atoms with Gasteiger partial charge in [0.25, 0.3) is 5.91 Å². The first-order valence-electron chi connectivity index (χ1n) is 13.6. The number of pyridine rings is 1. The summed E-state index contributed by atoms with van der Waals surface area (Å²) in [7, 11) is 1.57. The monoisotopic (exact) mass is 552 g/mol. The molecule has 2 aromatic carbocycles. The minimum Gasteiger partial charge on any atom is -0.491 e. The Hall–Kier alpha value is -4.83. The fourth-order valence-electron chi connectivity index (χ4n) is 4.55. The average molecular weight is 553 g/mol. The van der Waals surface area contributed by atoms with Gasteiger partial charge in [-0.3, -0.25) is 29.8 Å². The zero-order valence-electron chi connectivity index (χ0n) is 22.9. The van der Waals surface area contributed by atoms with Crippen LogP contribution in [-0.4, -0.2) is 73.3 Å². The summed E-state index contributed by atoms with van der Waals surface area (Å²) in [6.07, 6.45) is 7.82. The number of nitrogens with zero attached hydrogens (tertiary/aromatic N) is 4. The SMILES string of the molecule is COc1c(OCCNCCCC(=O)/C=C/c2ccccc2)ccc2c1N=C(NC(=O)c1cccnc1)N1CCN=C21. The van der Waals surface area contributed by atoms with Crippen LogP contribution in [0.1, 0.15) is 34.3 Å². The number of hydrogen-bond acceptors (Lipinski definition) is 9. The van der Waals surface area contributed by atoms with Gasteiger partial charge in [-0.2, -0.15) is 0 Å². The van der Waals surface area contributed by atoms with Gasteiger partial charge in [0, 0.05) is 37.5 Å². The molecule has 210 valence electrons. The second kappa shape index (κ2) is 13.5. The lowest BCUT2D eigenvalue weighted by atomic mass is 10.1. The number of fused-ring (bicyclic) bond motifs is 3. The highest BCUT2D eigenvalue weighted by atomic mass is 16.5. The van der Waals surface area contributed by atoms with Gasteiger partial charge >= 0.3 is 0 Å². The lowest BCUT2D eigenvalue weighted by molar-refractivity contribution is -0.114. The molecule has 1 amide bonds. The topological polar surface area (TPSA) is 118 Å². The van der Waals surface area contributed by atoms with Crippen molar-refractivity contribution in [3.8, 4) is 11.5 Å². The average Bonchev–Trinajstić information content (AvgIpc) is 3.51. The molecule has 0 saturated heterocycles. The van der Waals surface area contributed by atoms with Crippen molar-refractivity contribution in [2.45, 2.75) is 12.8 Å². The van der Waals surface area contributed by atoms with Crippen molar-refractivity contribution >= 4 is 35.2 Å². The van der Waals surface area contributed by atoms with Crippen molar-refractivity contribution in [1.29, 1.82) is 0 Å². The molecule has 2 aliphatic heterocycles. The van der Waals surface area contributed by atoms with Crippen molar-refractivity contribution in [1.82, 2.24) is 20.5 Å². The first-order chi connectivity index (χ1) is 20.1. The number of carbonyl (C=O) groups is 2. The number of amides is 1. The number of aromatic nitrogens is 1. The lowest BCUT2D eigenvalue weighted by Crippen LogP contribution is -2.47. The van der Waals surface area contributed by atoms with Crippen LogP contribution in [0.4, 0.5) is 5.69 Å².